The van der Waals surface area contributed by atoms with Crippen molar-refractivity contribution in [3.8, 4) is 5.75 Å². The Morgan fingerprint density at radius 2 is 1.96 bits per heavy atom. The first-order valence-electron chi connectivity index (χ1n) is 7.78. The van der Waals surface area contributed by atoms with E-state index in [0.717, 1.165) is 29.3 Å². The highest BCUT2D eigenvalue weighted by Gasteiger charge is 2.18. The Morgan fingerprint density at radius 1 is 1.17 bits per heavy atom. The Labute approximate surface area is 141 Å². The van der Waals surface area contributed by atoms with Gasteiger partial charge in [0.15, 0.2) is 0 Å². The van der Waals surface area contributed by atoms with Gasteiger partial charge in [-0.3, -0.25) is 0 Å². The molecule has 1 heterocycles. The van der Waals surface area contributed by atoms with Gasteiger partial charge in [-0.25, -0.2) is 0 Å². The van der Waals surface area contributed by atoms with Crippen LogP contribution in [0.15, 0.2) is 48.7 Å². The van der Waals surface area contributed by atoms with E-state index < -0.39 is 0 Å². The van der Waals surface area contributed by atoms with Crippen LogP contribution in [0.1, 0.15) is 23.5 Å². The van der Waals surface area contributed by atoms with E-state index in [1.807, 2.05) is 31.3 Å². The van der Waals surface area contributed by atoms with Crippen LogP contribution in [0, 0.1) is 0 Å². The molecule has 2 aromatic carbocycles. The lowest BCUT2D eigenvalue weighted by atomic mass is 9.88. The molecule has 120 valence electrons. The first-order chi connectivity index (χ1) is 11.2. The number of benzene rings is 2. The Bertz CT molecular complexity index is 780. The lowest BCUT2D eigenvalue weighted by molar-refractivity contribution is 0.414. The van der Waals surface area contributed by atoms with Crippen LogP contribution in [0.25, 0.3) is 10.9 Å². The lowest BCUT2D eigenvalue weighted by Crippen LogP contribution is -2.13. The molecule has 0 bridgehead atoms. The summed E-state index contributed by atoms with van der Waals surface area (Å²) < 4.78 is 5.27. The Hall–Kier alpha value is -1.97. The fraction of sp³-hybridized carbons (Fsp3) is 0.263. The van der Waals surface area contributed by atoms with Crippen LogP contribution in [0.2, 0.25) is 5.02 Å². The molecule has 0 radical (unpaired) electrons. The molecule has 3 aromatic rings. The molecule has 23 heavy (non-hydrogen) atoms. The number of fused-ring (bicyclic) bond motifs is 1. The quantitative estimate of drug-likeness (QED) is 0.695. The second-order valence-corrected chi connectivity index (χ2v) is 6.03. The summed E-state index contributed by atoms with van der Waals surface area (Å²) >= 11 is 6.30. The number of rotatable bonds is 6. The third kappa shape index (κ3) is 3.21. The van der Waals surface area contributed by atoms with Crippen molar-refractivity contribution in [1.29, 1.82) is 0 Å². The summed E-state index contributed by atoms with van der Waals surface area (Å²) in [5, 5.41) is 5.20. The molecule has 3 rings (SSSR count). The summed E-state index contributed by atoms with van der Waals surface area (Å²) in [6, 6.07) is 14.4. The monoisotopic (exact) mass is 328 g/mol. The van der Waals surface area contributed by atoms with Gasteiger partial charge in [-0.05, 0) is 49.3 Å². The standard InChI is InChI=1S/C19H21ClN2O/c1-21-11-10-15(13-6-8-14(23-2)9-7-13)17-12-22-19-16(17)4-3-5-18(19)20/h3-9,12,15,21-22H,10-11H2,1-2H3. The number of halogens is 1. The highest BCUT2D eigenvalue weighted by Crippen LogP contribution is 2.35. The number of methoxy groups -OCH3 is 1. The van der Waals surface area contributed by atoms with Gasteiger partial charge < -0.3 is 15.0 Å². The van der Waals surface area contributed by atoms with Crippen LogP contribution in [-0.4, -0.2) is 25.7 Å². The predicted octanol–water partition coefficient (Wildman–Crippen LogP) is 4.57. The van der Waals surface area contributed by atoms with E-state index in [2.05, 4.69) is 34.7 Å². The van der Waals surface area contributed by atoms with Crippen LogP contribution in [0.3, 0.4) is 0 Å². The molecule has 0 aliphatic rings. The van der Waals surface area contributed by atoms with Gasteiger partial charge in [0, 0.05) is 17.5 Å². The summed E-state index contributed by atoms with van der Waals surface area (Å²) in [5.41, 5.74) is 3.57. The van der Waals surface area contributed by atoms with Gasteiger partial charge >= 0.3 is 0 Å². The van der Waals surface area contributed by atoms with E-state index in [-0.39, 0.29) is 0 Å². The maximum Gasteiger partial charge on any atom is 0.118 e. The summed E-state index contributed by atoms with van der Waals surface area (Å²) in [6.07, 6.45) is 3.10. The second kappa shape index (κ2) is 7.07. The van der Waals surface area contributed by atoms with Crippen molar-refractivity contribution in [3.63, 3.8) is 0 Å². The molecule has 0 saturated carbocycles. The number of para-hydroxylation sites is 1. The van der Waals surface area contributed by atoms with Gasteiger partial charge in [-0.1, -0.05) is 35.9 Å². The minimum atomic E-state index is 0.306. The third-order valence-electron chi connectivity index (χ3n) is 4.27. The number of ether oxygens (including phenoxy) is 1. The highest BCUT2D eigenvalue weighted by molar-refractivity contribution is 6.35. The number of aromatic amines is 1. The molecule has 4 heteroatoms. The van der Waals surface area contributed by atoms with E-state index >= 15 is 0 Å². The smallest absolute Gasteiger partial charge is 0.118 e. The Balaban J connectivity index is 2.04. The summed E-state index contributed by atoms with van der Waals surface area (Å²) in [4.78, 5) is 3.33. The van der Waals surface area contributed by atoms with Crippen molar-refractivity contribution < 1.29 is 4.74 Å². The topological polar surface area (TPSA) is 37.0 Å². The van der Waals surface area contributed by atoms with Gasteiger partial charge in [0.2, 0.25) is 0 Å². The maximum absolute atomic E-state index is 6.30. The van der Waals surface area contributed by atoms with E-state index in [4.69, 9.17) is 16.3 Å². The minimum Gasteiger partial charge on any atom is -0.497 e. The third-order valence-corrected chi connectivity index (χ3v) is 4.59. The van der Waals surface area contributed by atoms with E-state index in [0.29, 0.717) is 5.92 Å². The van der Waals surface area contributed by atoms with Crippen molar-refractivity contribution >= 4 is 22.5 Å². The van der Waals surface area contributed by atoms with Gasteiger partial charge in [0.1, 0.15) is 5.75 Å². The number of nitrogens with one attached hydrogen (secondary N) is 2. The van der Waals surface area contributed by atoms with Crippen LogP contribution in [-0.2, 0) is 0 Å². The van der Waals surface area contributed by atoms with Crippen molar-refractivity contribution in [3.05, 3.63) is 64.8 Å². The first kappa shape index (κ1) is 15.9. The minimum absolute atomic E-state index is 0.306. The maximum atomic E-state index is 6.30. The van der Waals surface area contributed by atoms with Gasteiger partial charge in [0.25, 0.3) is 0 Å². The zero-order valence-corrected chi connectivity index (χ0v) is 14.2. The van der Waals surface area contributed by atoms with E-state index in [1.165, 1.54) is 16.5 Å². The van der Waals surface area contributed by atoms with Gasteiger partial charge in [-0.15, -0.1) is 0 Å². The molecular formula is C19H21ClN2O. The molecule has 1 unspecified atom stereocenters. The first-order valence-corrected chi connectivity index (χ1v) is 8.16. The molecule has 0 amide bonds. The second-order valence-electron chi connectivity index (χ2n) is 5.62. The van der Waals surface area contributed by atoms with Crippen molar-refractivity contribution in [1.82, 2.24) is 10.3 Å². The van der Waals surface area contributed by atoms with E-state index in [9.17, 15) is 0 Å². The number of hydrogen-bond acceptors (Lipinski definition) is 2. The SMILES string of the molecule is CNCCC(c1ccc(OC)cc1)c1c[nH]c2c(Cl)cccc12. The number of aromatic nitrogens is 1. The van der Waals surface area contributed by atoms with E-state index in [1.54, 1.807) is 7.11 Å². The van der Waals surface area contributed by atoms with Crippen LogP contribution >= 0.6 is 11.6 Å². The average Bonchev–Trinajstić information content (AvgIpc) is 3.01. The normalized spacial score (nSPS) is 12.5. The molecule has 0 fully saturated rings. The molecule has 0 spiro atoms. The van der Waals surface area contributed by atoms with Crippen molar-refractivity contribution in [2.45, 2.75) is 12.3 Å². The fourth-order valence-corrected chi connectivity index (χ4v) is 3.28. The average molecular weight is 329 g/mol. The molecule has 0 aliphatic carbocycles. The lowest BCUT2D eigenvalue weighted by Gasteiger charge is -2.17. The Kier molecular flexibility index (Phi) is 4.89. The zero-order chi connectivity index (χ0) is 16.2. The summed E-state index contributed by atoms with van der Waals surface area (Å²) in [7, 11) is 3.67. The number of H-pyrrole nitrogens is 1. The molecule has 2 N–H and O–H groups in total. The van der Waals surface area contributed by atoms with Crippen molar-refractivity contribution in [2.24, 2.45) is 0 Å². The zero-order valence-electron chi connectivity index (χ0n) is 13.4. The molecule has 3 nitrogen and oxygen atoms in total. The molecule has 0 aliphatic heterocycles. The van der Waals surface area contributed by atoms with Gasteiger partial charge in [0.05, 0.1) is 17.6 Å². The number of hydrogen-bond donors (Lipinski definition) is 2. The molecule has 1 atom stereocenters. The summed E-state index contributed by atoms with van der Waals surface area (Å²) in [6.45, 7) is 0.948. The summed E-state index contributed by atoms with van der Waals surface area (Å²) in [5.74, 6) is 1.18. The molecule has 1 aromatic heterocycles. The van der Waals surface area contributed by atoms with Crippen molar-refractivity contribution in [2.75, 3.05) is 20.7 Å². The molecule has 0 saturated heterocycles. The fourth-order valence-electron chi connectivity index (χ4n) is 3.05. The predicted molar refractivity (Wildman–Crippen MR) is 96.7 cm³/mol. The van der Waals surface area contributed by atoms with Crippen LogP contribution in [0.4, 0.5) is 0 Å². The van der Waals surface area contributed by atoms with Crippen LogP contribution < -0.4 is 10.1 Å². The van der Waals surface area contributed by atoms with Gasteiger partial charge in [-0.2, -0.15) is 0 Å². The largest absolute Gasteiger partial charge is 0.497 e. The molecular weight excluding hydrogens is 308 g/mol. The highest BCUT2D eigenvalue weighted by atomic mass is 35.5. The Morgan fingerprint density at radius 3 is 2.65 bits per heavy atom. The van der Waals surface area contributed by atoms with Crippen LogP contribution in [0.5, 0.6) is 5.75 Å².